The summed E-state index contributed by atoms with van der Waals surface area (Å²) in [6, 6.07) is 8.73. The number of hydrogen-bond donors (Lipinski definition) is 2. The molecule has 1 aromatic rings. The van der Waals surface area contributed by atoms with E-state index in [1.54, 1.807) is 0 Å². The van der Waals surface area contributed by atoms with Gasteiger partial charge in [0.1, 0.15) is 0 Å². The maximum Gasteiger partial charge on any atom is 0.306 e. The number of hydrogen-bond acceptors (Lipinski definition) is 2. The highest BCUT2D eigenvalue weighted by Crippen LogP contribution is 2.27. The molecule has 3 nitrogen and oxygen atoms in total. The van der Waals surface area contributed by atoms with Gasteiger partial charge in [0.25, 0.3) is 0 Å². The molecule has 2 atom stereocenters. The molecule has 0 bridgehead atoms. The lowest BCUT2D eigenvalue weighted by Gasteiger charge is -2.28. The van der Waals surface area contributed by atoms with E-state index in [2.05, 4.69) is 43.4 Å². The number of anilines is 1. The van der Waals surface area contributed by atoms with Crippen molar-refractivity contribution in [3.05, 3.63) is 29.8 Å². The zero-order valence-corrected chi connectivity index (χ0v) is 11.7. The van der Waals surface area contributed by atoms with Gasteiger partial charge < -0.3 is 10.4 Å². The van der Waals surface area contributed by atoms with Crippen molar-refractivity contribution in [1.82, 2.24) is 0 Å². The van der Waals surface area contributed by atoms with E-state index in [-0.39, 0.29) is 12.0 Å². The molecule has 0 spiro atoms. The number of carboxylic acids is 1. The van der Waals surface area contributed by atoms with E-state index < -0.39 is 5.97 Å². The van der Waals surface area contributed by atoms with Crippen LogP contribution >= 0.6 is 0 Å². The molecule has 104 valence electrons. The van der Waals surface area contributed by atoms with Crippen LogP contribution in [0.1, 0.15) is 51.0 Å². The van der Waals surface area contributed by atoms with Crippen LogP contribution in [-0.2, 0) is 4.79 Å². The molecule has 1 aliphatic rings. The molecule has 3 heteroatoms. The smallest absolute Gasteiger partial charge is 0.306 e. The van der Waals surface area contributed by atoms with E-state index in [4.69, 9.17) is 5.11 Å². The third-order valence-electron chi connectivity index (χ3n) is 3.95. The summed E-state index contributed by atoms with van der Waals surface area (Å²) in [5.41, 5.74) is 2.43. The predicted octanol–water partition coefficient (Wildman–Crippen LogP) is 3.87. The molecule has 0 radical (unpaired) electrons. The minimum atomic E-state index is -0.651. The van der Waals surface area contributed by atoms with Crippen molar-refractivity contribution in [3.63, 3.8) is 0 Å². The summed E-state index contributed by atoms with van der Waals surface area (Å²) < 4.78 is 0. The molecular formula is C16H23NO2. The Bertz CT molecular complexity index is 442. The van der Waals surface area contributed by atoms with E-state index in [1.165, 1.54) is 5.56 Å². The fraction of sp³-hybridized carbons (Fsp3) is 0.562. The lowest BCUT2D eigenvalue weighted by atomic mass is 9.85. The van der Waals surface area contributed by atoms with E-state index >= 15 is 0 Å². The highest BCUT2D eigenvalue weighted by molar-refractivity contribution is 5.70. The van der Waals surface area contributed by atoms with Crippen LogP contribution in [-0.4, -0.2) is 17.1 Å². The average Bonchev–Trinajstić information content (AvgIpc) is 2.39. The third-order valence-corrected chi connectivity index (χ3v) is 3.95. The Labute approximate surface area is 115 Å². The third kappa shape index (κ3) is 3.72. The highest BCUT2D eigenvalue weighted by Gasteiger charge is 2.26. The lowest BCUT2D eigenvalue weighted by molar-refractivity contribution is -0.142. The molecule has 0 amide bonds. The molecule has 1 aromatic carbocycles. The highest BCUT2D eigenvalue weighted by atomic mass is 16.4. The van der Waals surface area contributed by atoms with Gasteiger partial charge in [-0.1, -0.05) is 32.4 Å². The summed E-state index contributed by atoms with van der Waals surface area (Å²) in [4.78, 5) is 11.1. The Hall–Kier alpha value is -1.51. The Kier molecular flexibility index (Phi) is 4.46. The first-order valence-corrected chi connectivity index (χ1v) is 7.15. The number of carboxylic acid groups (broad SMARTS) is 1. The number of aliphatic carboxylic acids is 1. The fourth-order valence-electron chi connectivity index (χ4n) is 2.77. The summed E-state index contributed by atoms with van der Waals surface area (Å²) in [5, 5.41) is 12.6. The largest absolute Gasteiger partial charge is 0.481 e. The Balaban J connectivity index is 2.00. The molecule has 2 rings (SSSR count). The van der Waals surface area contributed by atoms with Crippen LogP contribution in [0, 0.1) is 5.92 Å². The minimum Gasteiger partial charge on any atom is -0.481 e. The number of benzene rings is 1. The first kappa shape index (κ1) is 13.9. The molecule has 1 saturated carbocycles. The second kappa shape index (κ2) is 6.09. The molecule has 0 heterocycles. The van der Waals surface area contributed by atoms with Crippen molar-refractivity contribution in [2.45, 2.75) is 51.5 Å². The average molecular weight is 261 g/mol. The Morgan fingerprint density at radius 2 is 2.16 bits per heavy atom. The fourth-order valence-corrected chi connectivity index (χ4v) is 2.77. The normalized spacial score (nSPS) is 23.3. The second-order valence-electron chi connectivity index (χ2n) is 5.82. The molecule has 2 unspecified atom stereocenters. The number of nitrogens with one attached hydrogen (secondary N) is 1. The van der Waals surface area contributed by atoms with Crippen LogP contribution in [0.15, 0.2) is 24.3 Å². The summed E-state index contributed by atoms with van der Waals surface area (Å²) in [6.45, 7) is 4.36. The van der Waals surface area contributed by atoms with E-state index in [0.29, 0.717) is 5.92 Å². The Morgan fingerprint density at radius 1 is 1.37 bits per heavy atom. The minimum absolute atomic E-state index is 0.181. The molecule has 0 saturated heterocycles. The zero-order valence-electron chi connectivity index (χ0n) is 11.7. The van der Waals surface area contributed by atoms with Gasteiger partial charge in [-0.2, -0.15) is 0 Å². The number of rotatable bonds is 4. The van der Waals surface area contributed by atoms with Gasteiger partial charge in [-0.25, -0.2) is 0 Å². The quantitative estimate of drug-likeness (QED) is 0.865. The van der Waals surface area contributed by atoms with Gasteiger partial charge in [0, 0.05) is 11.7 Å². The van der Waals surface area contributed by atoms with E-state index in [0.717, 1.165) is 31.4 Å². The summed E-state index contributed by atoms with van der Waals surface area (Å²) in [6.07, 6.45) is 3.62. The van der Waals surface area contributed by atoms with Gasteiger partial charge in [0.2, 0.25) is 0 Å². The van der Waals surface area contributed by atoms with Crippen LogP contribution in [0.3, 0.4) is 0 Å². The topological polar surface area (TPSA) is 49.3 Å². The van der Waals surface area contributed by atoms with Crippen molar-refractivity contribution >= 4 is 11.7 Å². The van der Waals surface area contributed by atoms with Crippen LogP contribution in [0.25, 0.3) is 0 Å². The van der Waals surface area contributed by atoms with Crippen molar-refractivity contribution in [1.29, 1.82) is 0 Å². The first-order valence-electron chi connectivity index (χ1n) is 7.15. The summed E-state index contributed by atoms with van der Waals surface area (Å²) in [7, 11) is 0. The van der Waals surface area contributed by atoms with Gasteiger partial charge in [0.05, 0.1) is 5.92 Å². The lowest BCUT2D eigenvalue weighted by Crippen LogP contribution is -2.30. The van der Waals surface area contributed by atoms with Crippen LogP contribution in [0.5, 0.6) is 0 Å². The van der Waals surface area contributed by atoms with Gasteiger partial charge in [-0.15, -0.1) is 0 Å². The van der Waals surface area contributed by atoms with Crippen LogP contribution in [0.4, 0.5) is 5.69 Å². The van der Waals surface area contributed by atoms with E-state index in [9.17, 15) is 4.79 Å². The monoisotopic (exact) mass is 261 g/mol. The van der Waals surface area contributed by atoms with Gasteiger partial charge in [-0.05, 0) is 42.9 Å². The molecule has 0 aromatic heterocycles. The molecule has 19 heavy (non-hydrogen) atoms. The zero-order chi connectivity index (χ0) is 13.8. The second-order valence-corrected chi connectivity index (χ2v) is 5.82. The van der Waals surface area contributed by atoms with Gasteiger partial charge in [-0.3, -0.25) is 4.79 Å². The van der Waals surface area contributed by atoms with Crippen molar-refractivity contribution in [3.8, 4) is 0 Å². The van der Waals surface area contributed by atoms with E-state index in [1.807, 2.05) is 0 Å². The molecule has 1 fully saturated rings. The Morgan fingerprint density at radius 3 is 2.84 bits per heavy atom. The molecule has 2 N–H and O–H groups in total. The van der Waals surface area contributed by atoms with Crippen molar-refractivity contribution in [2.24, 2.45) is 5.92 Å². The number of carbonyl (C=O) groups is 1. The van der Waals surface area contributed by atoms with Crippen LogP contribution < -0.4 is 5.32 Å². The standard InChI is InChI=1S/C16H23NO2/c1-11(2)12-5-3-7-14(9-12)17-15-8-4-6-13(10-15)16(18)19/h3,5,7,9,11,13,15,17H,4,6,8,10H2,1-2H3,(H,18,19). The molecule has 1 aliphatic carbocycles. The van der Waals surface area contributed by atoms with Gasteiger partial charge >= 0.3 is 5.97 Å². The van der Waals surface area contributed by atoms with Gasteiger partial charge in [0.15, 0.2) is 0 Å². The molecule has 0 aliphatic heterocycles. The first-order chi connectivity index (χ1) is 9.06. The maximum atomic E-state index is 11.1. The van der Waals surface area contributed by atoms with Crippen molar-refractivity contribution < 1.29 is 9.90 Å². The summed E-state index contributed by atoms with van der Waals surface area (Å²) in [5.74, 6) is -0.318. The van der Waals surface area contributed by atoms with Crippen molar-refractivity contribution in [2.75, 3.05) is 5.32 Å². The van der Waals surface area contributed by atoms with Crippen LogP contribution in [0.2, 0.25) is 0 Å². The summed E-state index contributed by atoms with van der Waals surface area (Å²) >= 11 is 0. The predicted molar refractivity (Wildman–Crippen MR) is 77.5 cm³/mol. The maximum absolute atomic E-state index is 11.1. The molecular weight excluding hydrogens is 238 g/mol. The SMILES string of the molecule is CC(C)c1cccc(NC2CCCC(C(=O)O)C2)c1.